The predicted octanol–water partition coefficient (Wildman–Crippen LogP) is 5.51. The molecule has 0 N–H and O–H groups in total. The van der Waals surface area contributed by atoms with Crippen LogP contribution in [0.2, 0.25) is 0 Å². The van der Waals surface area contributed by atoms with Crippen molar-refractivity contribution in [2.75, 3.05) is 0 Å². The van der Waals surface area contributed by atoms with Crippen molar-refractivity contribution in [1.82, 2.24) is 0 Å². The Balaban J connectivity index is 2.31. The van der Waals surface area contributed by atoms with Gasteiger partial charge in [0.2, 0.25) is 0 Å². The van der Waals surface area contributed by atoms with Gasteiger partial charge in [0.15, 0.2) is 0 Å². The first-order valence-corrected chi connectivity index (χ1v) is 6.72. The lowest BCUT2D eigenvalue weighted by atomic mass is 9.71. The maximum absolute atomic E-state index is 4.29. The van der Waals surface area contributed by atoms with Crippen LogP contribution in [0.3, 0.4) is 0 Å². The second kappa shape index (κ2) is 5.70. The number of rotatable bonds is 4. The van der Waals surface area contributed by atoms with Crippen LogP contribution in [0.4, 0.5) is 0 Å². The SMILES string of the molecule is C=C(CCC=C(C)C)C1CCC(C)(C)CC1. The summed E-state index contributed by atoms with van der Waals surface area (Å²) in [7, 11) is 0. The molecule has 0 amide bonds. The third-order valence-corrected chi connectivity index (χ3v) is 3.93. The molecule has 0 aromatic heterocycles. The molecule has 0 radical (unpaired) electrons. The topological polar surface area (TPSA) is 0 Å². The van der Waals surface area contributed by atoms with Gasteiger partial charge in [0.05, 0.1) is 0 Å². The van der Waals surface area contributed by atoms with Crippen molar-refractivity contribution < 1.29 is 0 Å². The van der Waals surface area contributed by atoms with Gasteiger partial charge in [-0.2, -0.15) is 0 Å². The van der Waals surface area contributed by atoms with Crippen LogP contribution in [-0.2, 0) is 0 Å². The van der Waals surface area contributed by atoms with Gasteiger partial charge in [0.1, 0.15) is 0 Å². The summed E-state index contributed by atoms with van der Waals surface area (Å²) in [6.07, 6.45) is 10.2. The van der Waals surface area contributed by atoms with Crippen molar-refractivity contribution in [1.29, 1.82) is 0 Å². The molecule has 0 spiro atoms. The third kappa shape index (κ3) is 4.55. The molecule has 92 valence electrons. The van der Waals surface area contributed by atoms with E-state index >= 15 is 0 Å². The Morgan fingerprint density at radius 2 is 1.81 bits per heavy atom. The zero-order chi connectivity index (χ0) is 12.2. The summed E-state index contributed by atoms with van der Waals surface area (Å²) in [5, 5.41) is 0. The van der Waals surface area contributed by atoms with E-state index in [9.17, 15) is 0 Å². The maximum Gasteiger partial charge on any atom is -0.0205 e. The van der Waals surface area contributed by atoms with Crippen molar-refractivity contribution in [2.45, 2.75) is 66.2 Å². The first-order valence-electron chi connectivity index (χ1n) is 6.72. The Morgan fingerprint density at radius 3 is 2.31 bits per heavy atom. The first kappa shape index (κ1) is 13.5. The van der Waals surface area contributed by atoms with Gasteiger partial charge in [-0.05, 0) is 63.7 Å². The minimum atomic E-state index is 0.580. The normalized spacial score (nSPS) is 20.5. The fraction of sp³-hybridized carbons (Fsp3) is 0.750. The Bertz CT molecular complexity index is 254. The van der Waals surface area contributed by atoms with Crippen LogP contribution < -0.4 is 0 Å². The van der Waals surface area contributed by atoms with Crippen LogP contribution in [0.15, 0.2) is 23.8 Å². The second-order valence-electron chi connectivity index (χ2n) is 6.42. The van der Waals surface area contributed by atoms with Crippen LogP contribution in [0.5, 0.6) is 0 Å². The summed E-state index contributed by atoms with van der Waals surface area (Å²) in [5.41, 5.74) is 3.50. The predicted molar refractivity (Wildman–Crippen MR) is 73.5 cm³/mol. The Hall–Kier alpha value is -0.520. The van der Waals surface area contributed by atoms with Crippen LogP contribution >= 0.6 is 0 Å². The summed E-state index contributed by atoms with van der Waals surface area (Å²) in [4.78, 5) is 0. The standard InChI is InChI=1S/C16H28/c1-13(2)7-6-8-14(3)15-9-11-16(4,5)12-10-15/h7,15H,3,6,8-12H2,1-2,4-5H3. The highest BCUT2D eigenvalue weighted by Gasteiger charge is 2.27. The molecule has 1 aliphatic rings. The molecule has 0 saturated heterocycles. The van der Waals surface area contributed by atoms with E-state index in [1.807, 2.05) is 0 Å². The van der Waals surface area contributed by atoms with Gasteiger partial charge < -0.3 is 0 Å². The van der Waals surface area contributed by atoms with Crippen LogP contribution in [0, 0.1) is 11.3 Å². The van der Waals surface area contributed by atoms with Gasteiger partial charge in [0, 0.05) is 0 Å². The zero-order valence-corrected chi connectivity index (χ0v) is 11.6. The van der Waals surface area contributed by atoms with E-state index in [4.69, 9.17) is 0 Å². The molecule has 16 heavy (non-hydrogen) atoms. The van der Waals surface area contributed by atoms with E-state index in [1.54, 1.807) is 0 Å². The van der Waals surface area contributed by atoms with Gasteiger partial charge >= 0.3 is 0 Å². The van der Waals surface area contributed by atoms with Gasteiger partial charge in [-0.25, -0.2) is 0 Å². The fourth-order valence-corrected chi connectivity index (χ4v) is 2.56. The molecule has 1 fully saturated rings. The number of allylic oxidation sites excluding steroid dienone is 3. The molecule has 0 unspecified atom stereocenters. The second-order valence-corrected chi connectivity index (χ2v) is 6.42. The van der Waals surface area contributed by atoms with Crippen molar-refractivity contribution in [2.24, 2.45) is 11.3 Å². The lowest BCUT2D eigenvalue weighted by Gasteiger charge is -2.35. The minimum absolute atomic E-state index is 0.580. The summed E-state index contributed by atoms with van der Waals surface area (Å²) < 4.78 is 0. The van der Waals surface area contributed by atoms with E-state index in [2.05, 4.69) is 40.3 Å². The van der Waals surface area contributed by atoms with E-state index in [0.29, 0.717) is 5.41 Å². The highest BCUT2D eigenvalue weighted by Crippen LogP contribution is 2.41. The van der Waals surface area contributed by atoms with Gasteiger partial charge in [0.25, 0.3) is 0 Å². The Morgan fingerprint density at radius 1 is 1.25 bits per heavy atom. The summed E-state index contributed by atoms with van der Waals surface area (Å²) in [6.45, 7) is 13.4. The average Bonchev–Trinajstić information content (AvgIpc) is 2.16. The van der Waals surface area contributed by atoms with Gasteiger partial charge in [-0.3, -0.25) is 0 Å². The highest BCUT2D eigenvalue weighted by atomic mass is 14.3. The van der Waals surface area contributed by atoms with E-state index in [-0.39, 0.29) is 0 Å². The first-order chi connectivity index (χ1) is 7.41. The summed E-state index contributed by atoms with van der Waals surface area (Å²) >= 11 is 0. The number of hydrogen-bond acceptors (Lipinski definition) is 0. The van der Waals surface area contributed by atoms with Crippen molar-refractivity contribution in [3.63, 3.8) is 0 Å². The monoisotopic (exact) mass is 220 g/mol. The van der Waals surface area contributed by atoms with Crippen molar-refractivity contribution in [3.05, 3.63) is 23.8 Å². The lowest BCUT2D eigenvalue weighted by Crippen LogP contribution is -2.22. The van der Waals surface area contributed by atoms with E-state index in [1.165, 1.54) is 49.7 Å². The highest BCUT2D eigenvalue weighted by molar-refractivity contribution is 5.05. The average molecular weight is 220 g/mol. The minimum Gasteiger partial charge on any atom is -0.0996 e. The van der Waals surface area contributed by atoms with E-state index < -0.39 is 0 Å². The fourth-order valence-electron chi connectivity index (χ4n) is 2.56. The molecule has 0 heteroatoms. The van der Waals surface area contributed by atoms with Crippen LogP contribution in [0.25, 0.3) is 0 Å². The molecule has 1 rings (SSSR count). The molecule has 0 bridgehead atoms. The van der Waals surface area contributed by atoms with Crippen molar-refractivity contribution >= 4 is 0 Å². The smallest absolute Gasteiger partial charge is 0.0205 e. The van der Waals surface area contributed by atoms with E-state index in [0.717, 1.165) is 5.92 Å². The van der Waals surface area contributed by atoms with Crippen LogP contribution in [0.1, 0.15) is 66.2 Å². The summed E-state index contributed by atoms with van der Waals surface area (Å²) in [5.74, 6) is 0.804. The molecule has 0 aliphatic heterocycles. The molecule has 0 aromatic carbocycles. The largest absolute Gasteiger partial charge is 0.0996 e. The maximum atomic E-state index is 4.29. The lowest BCUT2D eigenvalue weighted by molar-refractivity contribution is 0.207. The Labute approximate surface area is 102 Å². The van der Waals surface area contributed by atoms with Gasteiger partial charge in [-0.1, -0.05) is 37.6 Å². The molecule has 0 atom stereocenters. The quantitative estimate of drug-likeness (QED) is 0.548. The van der Waals surface area contributed by atoms with Gasteiger partial charge in [-0.15, -0.1) is 0 Å². The van der Waals surface area contributed by atoms with Crippen molar-refractivity contribution in [3.8, 4) is 0 Å². The summed E-state index contributed by atoms with van der Waals surface area (Å²) in [6, 6.07) is 0. The number of hydrogen-bond donors (Lipinski definition) is 0. The molecular weight excluding hydrogens is 192 g/mol. The molecule has 1 saturated carbocycles. The zero-order valence-electron chi connectivity index (χ0n) is 11.6. The van der Waals surface area contributed by atoms with Crippen LogP contribution in [-0.4, -0.2) is 0 Å². The molecule has 0 aromatic rings. The molecule has 0 nitrogen and oxygen atoms in total. The molecule has 0 heterocycles. The molecular formula is C16H28. The Kier molecular flexibility index (Phi) is 4.83. The third-order valence-electron chi connectivity index (χ3n) is 3.93. The molecule has 1 aliphatic carbocycles.